The highest BCUT2D eigenvalue weighted by atomic mass is 32.1. The number of hydrogen-bond donors (Lipinski definition) is 1. The molecule has 2 atom stereocenters. The third-order valence-electron chi connectivity index (χ3n) is 5.43. The van der Waals surface area contributed by atoms with Crippen LogP contribution in [0.1, 0.15) is 12.0 Å². The summed E-state index contributed by atoms with van der Waals surface area (Å²) in [5, 5.41) is 0.660. The summed E-state index contributed by atoms with van der Waals surface area (Å²) in [6.45, 7) is 2.53. The number of nitrogens with zero attached hydrogens (tertiary/aromatic N) is 3. The van der Waals surface area contributed by atoms with Gasteiger partial charge >= 0.3 is 6.03 Å². The van der Waals surface area contributed by atoms with E-state index in [1.54, 1.807) is 16.2 Å². The van der Waals surface area contributed by atoms with Crippen molar-refractivity contribution in [1.82, 2.24) is 14.8 Å². The number of fused-ring (bicyclic) bond motifs is 3. The largest absolute Gasteiger partial charge is 0.431 e. The van der Waals surface area contributed by atoms with Gasteiger partial charge in [0, 0.05) is 31.7 Å². The van der Waals surface area contributed by atoms with Crippen molar-refractivity contribution in [3.8, 4) is 10.9 Å². The molecule has 2 aromatic carbocycles. The highest BCUT2D eigenvalue weighted by Gasteiger charge is 2.44. The van der Waals surface area contributed by atoms with E-state index in [2.05, 4.69) is 22.0 Å². The van der Waals surface area contributed by atoms with Gasteiger partial charge in [-0.1, -0.05) is 35.6 Å². The van der Waals surface area contributed by atoms with Crippen LogP contribution >= 0.6 is 11.3 Å². The third kappa shape index (κ3) is 3.13. The van der Waals surface area contributed by atoms with Gasteiger partial charge in [-0.05, 0) is 36.2 Å². The number of para-hydroxylation sites is 1. The Kier molecular flexibility index (Phi) is 3.98. The second-order valence-electron chi connectivity index (χ2n) is 7.16. The van der Waals surface area contributed by atoms with Gasteiger partial charge in [0.15, 0.2) is 0 Å². The quantitative estimate of drug-likeness (QED) is 0.753. The number of carbonyl (C=O) groups is 1. The van der Waals surface area contributed by atoms with Crippen LogP contribution in [0.5, 0.6) is 10.9 Å². The van der Waals surface area contributed by atoms with Gasteiger partial charge in [0.05, 0.1) is 10.2 Å². The van der Waals surface area contributed by atoms with Crippen molar-refractivity contribution in [2.75, 3.05) is 13.1 Å². The lowest BCUT2D eigenvalue weighted by molar-refractivity contribution is 0.137. The standard InChI is InChI=1S/C20H20N4O2S/c21-19(25)24-12-14-9-15(24)11-23(14)10-13-5-7-16(8-6-13)26-20-22-17-3-1-2-4-18(17)27-20/h1-8,14-15H,9-12H2,(H2,21,25)/t14?,15-/m1/s1. The van der Waals surface area contributed by atoms with E-state index >= 15 is 0 Å². The van der Waals surface area contributed by atoms with Crippen LogP contribution in [0, 0.1) is 0 Å². The van der Waals surface area contributed by atoms with Gasteiger partial charge < -0.3 is 15.4 Å². The summed E-state index contributed by atoms with van der Waals surface area (Å²) in [6, 6.07) is 16.6. The molecule has 2 amide bonds. The zero-order valence-corrected chi connectivity index (χ0v) is 15.6. The zero-order valence-electron chi connectivity index (χ0n) is 14.7. The number of carbonyl (C=O) groups excluding carboxylic acids is 1. The Morgan fingerprint density at radius 2 is 1.96 bits per heavy atom. The van der Waals surface area contributed by atoms with E-state index in [1.807, 2.05) is 36.4 Å². The number of ether oxygens (including phenoxy) is 1. The number of aromatic nitrogens is 1. The smallest absolute Gasteiger partial charge is 0.315 e. The second-order valence-corrected chi connectivity index (χ2v) is 8.15. The predicted molar refractivity (Wildman–Crippen MR) is 105 cm³/mol. The molecule has 5 rings (SSSR count). The topological polar surface area (TPSA) is 71.7 Å². The van der Waals surface area contributed by atoms with Crippen molar-refractivity contribution >= 4 is 27.6 Å². The number of nitrogens with two attached hydrogens (primary N) is 1. The fourth-order valence-electron chi connectivity index (χ4n) is 4.11. The molecular weight excluding hydrogens is 360 g/mol. The molecule has 2 N–H and O–H groups in total. The van der Waals surface area contributed by atoms with Crippen LogP contribution in [-0.2, 0) is 6.54 Å². The van der Waals surface area contributed by atoms with Crippen LogP contribution in [0.4, 0.5) is 4.79 Å². The van der Waals surface area contributed by atoms with E-state index < -0.39 is 0 Å². The highest BCUT2D eigenvalue weighted by Crippen LogP contribution is 2.33. The fourth-order valence-corrected chi connectivity index (χ4v) is 4.94. The minimum absolute atomic E-state index is 0.272. The van der Waals surface area contributed by atoms with Gasteiger partial charge in [-0.3, -0.25) is 4.90 Å². The number of primary amides is 1. The summed E-state index contributed by atoms with van der Waals surface area (Å²) in [5.74, 6) is 0.792. The first-order chi connectivity index (χ1) is 13.2. The van der Waals surface area contributed by atoms with Gasteiger partial charge in [0.2, 0.25) is 0 Å². The molecule has 6 nitrogen and oxygen atoms in total. The zero-order chi connectivity index (χ0) is 18.4. The van der Waals surface area contributed by atoms with Crippen LogP contribution in [0.2, 0.25) is 0 Å². The molecule has 0 spiro atoms. The van der Waals surface area contributed by atoms with E-state index in [1.165, 1.54) is 5.56 Å². The molecule has 1 aromatic heterocycles. The Morgan fingerprint density at radius 3 is 2.67 bits per heavy atom. The lowest BCUT2D eigenvalue weighted by Gasteiger charge is -2.33. The van der Waals surface area contributed by atoms with Crippen LogP contribution in [0.15, 0.2) is 48.5 Å². The summed E-state index contributed by atoms with van der Waals surface area (Å²) in [4.78, 5) is 20.2. The average molecular weight is 380 g/mol. The molecular formula is C20H20N4O2S. The summed E-state index contributed by atoms with van der Waals surface area (Å²) < 4.78 is 7.04. The summed E-state index contributed by atoms with van der Waals surface area (Å²) in [6.07, 6.45) is 1.03. The molecule has 27 heavy (non-hydrogen) atoms. The van der Waals surface area contributed by atoms with Crippen LogP contribution < -0.4 is 10.5 Å². The van der Waals surface area contributed by atoms with Crippen molar-refractivity contribution in [2.24, 2.45) is 5.73 Å². The molecule has 2 saturated heterocycles. The molecule has 2 aliphatic rings. The fraction of sp³-hybridized carbons (Fsp3) is 0.300. The number of thiazole rings is 1. The SMILES string of the molecule is NC(=O)N1CC2C[C@@H]1CN2Cc1ccc(Oc2nc3ccccc3s2)cc1. The average Bonchev–Trinajstić information content (AvgIpc) is 3.36. The highest BCUT2D eigenvalue weighted by molar-refractivity contribution is 7.20. The second kappa shape index (κ2) is 6.51. The Balaban J connectivity index is 1.23. The molecule has 3 aromatic rings. The minimum Gasteiger partial charge on any atom is -0.431 e. The van der Waals surface area contributed by atoms with Crippen LogP contribution in [0.3, 0.4) is 0 Å². The maximum absolute atomic E-state index is 11.4. The van der Waals surface area contributed by atoms with E-state index in [0.29, 0.717) is 11.2 Å². The summed E-state index contributed by atoms with van der Waals surface area (Å²) >= 11 is 1.55. The maximum atomic E-state index is 11.4. The molecule has 7 heteroatoms. The van der Waals surface area contributed by atoms with Crippen LogP contribution in [0.25, 0.3) is 10.2 Å². The summed E-state index contributed by atoms with van der Waals surface area (Å²) in [7, 11) is 0. The first-order valence-corrected chi connectivity index (χ1v) is 9.90. The van der Waals surface area contributed by atoms with E-state index in [0.717, 1.165) is 42.0 Å². The van der Waals surface area contributed by atoms with Gasteiger partial charge in [-0.25, -0.2) is 9.78 Å². The number of amides is 2. The molecule has 0 saturated carbocycles. The first-order valence-electron chi connectivity index (χ1n) is 9.08. The lowest BCUT2D eigenvalue weighted by atomic mass is 10.2. The molecule has 2 aliphatic heterocycles. The van der Waals surface area contributed by atoms with Crippen molar-refractivity contribution < 1.29 is 9.53 Å². The van der Waals surface area contributed by atoms with Crippen molar-refractivity contribution in [2.45, 2.75) is 25.0 Å². The van der Waals surface area contributed by atoms with Gasteiger partial charge in [0.25, 0.3) is 5.19 Å². The number of likely N-dealkylation sites (tertiary alicyclic amines) is 2. The Labute approximate surface area is 161 Å². The predicted octanol–water partition coefficient (Wildman–Crippen LogP) is 3.43. The number of piperazine rings is 1. The Morgan fingerprint density at radius 1 is 1.15 bits per heavy atom. The molecule has 0 aliphatic carbocycles. The van der Waals surface area contributed by atoms with Gasteiger partial charge in [-0.15, -0.1) is 0 Å². The number of benzene rings is 2. The normalized spacial score (nSPS) is 21.9. The summed E-state index contributed by atoms with van der Waals surface area (Å²) in [5.41, 5.74) is 7.64. The van der Waals surface area contributed by atoms with Crippen molar-refractivity contribution in [1.29, 1.82) is 0 Å². The minimum atomic E-state index is -0.293. The molecule has 3 heterocycles. The Bertz CT molecular complexity index is 954. The van der Waals surface area contributed by atoms with Crippen molar-refractivity contribution in [3.63, 3.8) is 0 Å². The maximum Gasteiger partial charge on any atom is 0.315 e. The van der Waals surface area contributed by atoms with Crippen LogP contribution in [-0.4, -0.2) is 46.0 Å². The van der Waals surface area contributed by atoms with Gasteiger partial charge in [0.1, 0.15) is 5.75 Å². The molecule has 0 radical (unpaired) electrons. The molecule has 138 valence electrons. The molecule has 2 bridgehead atoms. The monoisotopic (exact) mass is 380 g/mol. The van der Waals surface area contributed by atoms with E-state index in [9.17, 15) is 4.79 Å². The lowest BCUT2D eigenvalue weighted by Crippen LogP contribution is -2.50. The van der Waals surface area contributed by atoms with Gasteiger partial charge in [-0.2, -0.15) is 0 Å². The first kappa shape index (κ1) is 16.5. The van der Waals surface area contributed by atoms with E-state index in [-0.39, 0.29) is 12.1 Å². The number of hydrogen-bond acceptors (Lipinski definition) is 5. The van der Waals surface area contributed by atoms with E-state index in [4.69, 9.17) is 10.5 Å². The Hall–Kier alpha value is -2.64. The molecule has 1 unspecified atom stereocenters. The molecule has 2 fully saturated rings. The van der Waals surface area contributed by atoms with Crippen molar-refractivity contribution in [3.05, 3.63) is 54.1 Å². The number of rotatable bonds is 4. The number of urea groups is 1. The third-order valence-corrected chi connectivity index (χ3v) is 6.34.